The standard InChI is InChI=1S/C10H19IO2.C7H13IO2/c1-3-9(7-5-6-8-11)10(12)13-4-2;1-2-10-7(9)5-3-4-6-8/h9H,3-8H2,1-2H3;2-6H2,1H3. The third-order valence-corrected chi connectivity index (χ3v) is 4.64. The molecule has 0 aliphatic heterocycles. The van der Waals surface area contributed by atoms with E-state index in [0.717, 1.165) is 36.5 Å². The van der Waals surface area contributed by atoms with Crippen LogP contribution in [0.25, 0.3) is 0 Å². The highest BCUT2D eigenvalue weighted by molar-refractivity contribution is 14.1. The summed E-state index contributed by atoms with van der Waals surface area (Å²) < 4.78 is 12.0. The van der Waals surface area contributed by atoms with Crippen molar-refractivity contribution in [1.82, 2.24) is 0 Å². The Kier molecular flexibility index (Phi) is 22.8. The van der Waals surface area contributed by atoms with Gasteiger partial charge in [-0.3, -0.25) is 9.59 Å². The summed E-state index contributed by atoms with van der Waals surface area (Å²) >= 11 is 4.67. The molecule has 1 unspecified atom stereocenters. The Hall–Kier alpha value is 0.400. The molecule has 0 saturated heterocycles. The van der Waals surface area contributed by atoms with Gasteiger partial charge < -0.3 is 9.47 Å². The SMILES string of the molecule is CCOC(=O)C(CC)CCCCI.CCOC(=O)CCCCI. The number of rotatable bonds is 12. The van der Waals surface area contributed by atoms with E-state index in [1.54, 1.807) is 0 Å². The highest BCUT2D eigenvalue weighted by Gasteiger charge is 2.16. The van der Waals surface area contributed by atoms with E-state index < -0.39 is 0 Å². The monoisotopic (exact) mass is 554 g/mol. The van der Waals surface area contributed by atoms with Gasteiger partial charge in [0.15, 0.2) is 0 Å². The van der Waals surface area contributed by atoms with Gasteiger partial charge in [-0.25, -0.2) is 0 Å². The number of carbonyl (C=O) groups is 2. The lowest BCUT2D eigenvalue weighted by Gasteiger charge is -2.12. The Balaban J connectivity index is 0. The van der Waals surface area contributed by atoms with E-state index in [1.807, 2.05) is 20.8 Å². The number of carbonyl (C=O) groups excluding carboxylic acids is 2. The normalized spacial score (nSPS) is 11.2. The average molecular weight is 554 g/mol. The first-order chi connectivity index (χ1) is 11.1. The van der Waals surface area contributed by atoms with E-state index in [1.165, 1.54) is 10.8 Å². The zero-order valence-corrected chi connectivity index (χ0v) is 19.1. The minimum Gasteiger partial charge on any atom is -0.466 e. The van der Waals surface area contributed by atoms with Crippen LogP contribution in [0.4, 0.5) is 0 Å². The Morgan fingerprint density at radius 1 is 0.870 bits per heavy atom. The molecule has 0 bridgehead atoms. The van der Waals surface area contributed by atoms with Crippen molar-refractivity contribution in [3.05, 3.63) is 0 Å². The molecule has 0 aliphatic carbocycles. The van der Waals surface area contributed by atoms with Gasteiger partial charge in [0.25, 0.3) is 0 Å². The molecule has 0 rings (SSSR count). The van der Waals surface area contributed by atoms with Crippen molar-refractivity contribution in [2.45, 2.75) is 65.7 Å². The molecular formula is C17H32I2O4. The van der Waals surface area contributed by atoms with E-state index in [-0.39, 0.29) is 17.9 Å². The molecule has 0 N–H and O–H groups in total. The number of unbranched alkanes of at least 4 members (excludes halogenated alkanes) is 2. The van der Waals surface area contributed by atoms with Crippen molar-refractivity contribution >= 4 is 57.1 Å². The minimum atomic E-state index is -0.0626. The smallest absolute Gasteiger partial charge is 0.308 e. The molecule has 6 heteroatoms. The maximum atomic E-state index is 11.3. The van der Waals surface area contributed by atoms with Gasteiger partial charge in [-0.15, -0.1) is 0 Å². The molecule has 4 nitrogen and oxygen atoms in total. The number of ether oxygens (including phenoxy) is 2. The van der Waals surface area contributed by atoms with Gasteiger partial charge in [0, 0.05) is 6.42 Å². The molecule has 0 radical (unpaired) electrons. The third kappa shape index (κ3) is 18.6. The van der Waals surface area contributed by atoms with E-state index in [2.05, 4.69) is 45.2 Å². The lowest BCUT2D eigenvalue weighted by molar-refractivity contribution is -0.148. The number of esters is 2. The van der Waals surface area contributed by atoms with Crippen LogP contribution in [-0.4, -0.2) is 34.0 Å². The predicted molar refractivity (Wildman–Crippen MR) is 113 cm³/mol. The summed E-state index contributed by atoms with van der Waals surface area (Å²) in [4.78, 5) is 22.0. The summed E-state index contributed by atoms with van der Waals surface area (Å²) in [6.07, 6.45) is 6.88. The summed E-state index contributed by atoms with van der Waals surface area (Å²) in [7, 11) is 0. The first-order valence-electron chi connectivity index (χ1n) is 8.51. The second kappa shape index (κ2) is 20.4. The average Bonchev–Trinajstić information content (AvgIpc) is 2.53. The molecule has 0 heterocycles. The van der Waals surface area contributed by atoms with E-state index >= 15 is 0 Å². The zero-order valence-electron chi connectivity index (χ0n) is 14.7. The molecule has 0 amide bonds. The van der Waals surface area contributed by atoms with Gasteiger partial charge in [0.2, 0.25) is 0 Å². The van der Waals surface area contributed by atoms with Crippen LogP contribution in [0.2, 0.25) is 0 Å². The Morgan fingerprint density at radius 3 is 1.91 bits per heavy atom. The van der Waals surface area contributed by atoms with Crippen LogP contribution >= 0.6 is 45.2 Å². The molecule has 23 heavy (non-hydrogen) atoms. The number of halogens is 2. The molecule has 0 spiro atoms. The van der Waals surface area contributed by atoms with Crippen molar-refractivity contribution in [2.24, 2.45) is 5.92 Å². The van der Waals surface area contributed by atoms with Crippen molar-refractivity contribution in [1.29, 1.82) is 0 Å². The van der Waals surface area contributed by atoms with E-state index in [9.17, 15) is 9.59 Å². The molecule has 0 aliphatic rings. The lowest BCUT2D eigenvalue weighted by Crippen LogP contribution is -2.17. The van der Waals surface area contributed by atoms with E-state index in [0.29, 0.717) is 19.6 Å². The van der Waals surface area contributed by atoms with Gasteiger partial charge in [-0.05, 0) is 54.8 Å². The summed E-state index contributed by atoms with van der Waals surface area (Å²) in [5.74, 6) is 0.0497. The van der Waals surface area contributed by atoms with Crippen LogP contribution in [-0.2, 0) is 19.1 Å². The van der Waals surface area contributed by atoms with Crippen LogP contribution in [0.15, 0.2) is 0 Å². The summed E-state index contributed by atoms with van der Waals surface area (Å²) in [6, 6.07) is 0. The number of alkyl halides is 2. The largest absolute Gasteiger partial charge is 0.466 e. The summed E-state index contributed by atoms with van der Waals surface area (Å²) in [5, 5.41) is 0. The Morgan fingerprint density at radius 2 is 1.43 bits per heavy atom. The van der Waals surface area contributed by atoms with Gasteiger partial charge in [0.1, 0.15) is 0 Å². The lowest BCUT2D eigenvalue weighted by atomic mass is 10.00. The van der Waals surface area contributed by atoms with Gasteiger partial charge >= 0.3 is 11.9 Å². The molecular weight excluding hydrogens is 522 g/mol. The van der Waals surface area contributed by atoms with Crippen molar-refractivity contribution in [3.63, 3.8) is 0 Å². The fourth-order valence-corrected chi connectivity index (χ4v) is 2.91. The maximum absolute atomic E-state index is 11.3. The fourth-order valence-electron chi connectivity index (χ4n) is 1.83. The molecule has 0 aromatic rings. The second-order valence-electron chi connectivity index (χ2n) is 4.99. The molecule has 1 atom stereocenters. The van der Waals surface area contributed by atoms with Crippen LogP contribution in [0.5, 0.6) is 0 Å². The molecule has 0 fully saturated rings. The highest BCUT2D eigenvalue weighted by Crippen LogP contribution is 2.14. The summed E-state index contributed by atoms with van der Waals surface area (Å²) in [5.41, 5.74) is 0. The molecule has 138 valence electrons. The van der Waals surface area contributed by atoms with Gasteiger partial charge in [-0.2, -0.15) is 0 Å². The van der Waals surface area contributed by atoms with Gasteiger partial charge in [0.05, 0.1) is 19.1 Å². The van der Waals surface area contributed by atoms with Crippen molar-refractivity contribution in [3.8, 4) is 0 Å². The number of hydrogen-bond acceptors (Lipinski definition) is 4. The van der Waals surface area contributed by atoms with Crippen LogP contribution in [0.1, 0.15) is 65.7 Å². The Labute approximate surface area is 169 Å². The maximum Gasteiger partial charge on any atom is 0.308 e. The van der Waals surface area contributed by atoms with Crippen LogP contribution < -0.4 is 0 Å². The minimum absolute atomic E-state index is 0.0153. The van der Waals surface area contributed by atoms with Crippen molar-refractivity contribution < 1.29 is 19.1 Å². The quantitative estimate of drug-likeness (QED) is 0.142. The topological polar surface area (TPSA) is 52.6 Å². The first-order valence-corrected chi connectivity index (χ1v) is 11.6. The molecule has 0 aromatic heterocycles. The molecule has 0 aromatic carbocycles. The predicted octanol–water partition coefficient (Wildman–Crippen LogP) is 5.34. The van der Waals surface area contributed by atoms with E-state index in [4.69, 9.17) is 9.47 Å². The zero-order chi connectivity index (χ0) is 17.9. The van der Waals surface area contributed by atoms with Crippen LogP contribution in [0, 0.1) is 5.92 Å². The third-order valence-electron chi connectivity index (χ3n) is 3.12. The number of hydrogen-bond donors (Lipinski definition) is 0. The van der Waals surface area contributed by atoms with Crippen molar-refractivity contribution in [2.75, 3.05) is 22.1 Å². The highest BCUT2D eigenvalue weighted by atomic mass is 127. The first kappa shape index (κ1) is 25.6. The Bertz CT molecular complexity index is 286. The summed E-state index contributed by atoms with van der Waals surface area (Å²) in [6.45, 7) is 6.74. The fraction of sp³-hybridized carbons (Fsp3) is 0.882. The van der Waals surface area contributed by atoms with Gasteiger partial charge in [-0.1, -0.05) is 58.5 Å². The second-order valence-corrected chi connectivity index (χ2v) is 7.15. The van der Waals surface area contributed by atoms with Crippen LogP contribution in [0.3, 0.4) is 0 Å². The molecule has 0 saturated carbocycles.